The summed E-state index contributed by atoms with van der Waals surface area (Å²) in [6, 6.07) is 7.88. The summed E-state index contributed by atoms with van der Waals surface area (Å²) in [6.45, 7) is 10.6. The first-order valence-corrected chi connectivity index (χ1v) is 7.64. The second kappa shape index (κ2) is 5.71. The first-order chi connectivity index (χ1) is 9.34. The van der Waals surface area contributed by atoms with E-state index in [1.165, 1.54) is 27.8 Å². The van der Waals surface area contributed by atoms with Crippen LogP contribution in [-0.2, 0) is 0 Å². The summed E-state index contributed by atoms with van der Waals surface area (Å²) in [4.78, 5) is 0. The molecule has 0 aliphatic carbocycles. The zero-order valence-electron chi connectivity index (χ0n) is 12.7. The molecule has 0 saturated carbocycles. The third-order valence-electron chi connectivity index (χ3n) is 4.52. The highest BCUT2D eigenvalue weighted by molar-refractivity contribution is 9.10. The fraction of sp³-hybridized carbons (Fsp3) is 0.333. The second-order valence-corrected chi connectivity index (χ2v) is 6.41. The molecule has 106 valence electrons. The minimum Gasteiger partial charge on any atom is -0.384 e. The number of rotatable bonds is 2. The molecule has 2 aromatic carbocycles. The van der Waals surface area contributed by atoms with Gasteiger partial charge in [-0.15, -0.1) is 0 Å². The summed E-state index contributed by atoms with van der Waals surface area (Å²) in [7, 11) is 0. The average molecular weight is 333 g/mol. The van der Waals surface area contributed by atoms with E-state index in [2.05, 4.69) is 50.5 Å². The van der Waals surface area contributed by atoms with E-state index in [0.29, 0.717) is 0 Å². The molecule has 1 atom stereocenters. The van der Waals surface area contributed by atoms with Crippen LogP contribution in [0.3, 0.4) is 0 Å². The summed E-state index contributed by atoms with van der Waals surface area (Å²) < 4.78 is 1.03. The molecular weight excluding hydrogens is 312 g/mol. The Balaban J connectivity index is 2.60. The topological polar surface area (TPSA) is 20.2 Å². The SMILES string of the molecule is Cc1c(C)c(C)c(C(O)c2ccc(Br)cc2)c(C)c1C. The lowest BCUT2D eigenvalue weighted by Crippen LogP contribution is -2.09. The highest BCUT2D eigenvalue weighted by Gasteiger charge is 2.19. The monoisotopic (exact) mass is 332 g/mol. The van der Waals surface area contributed by atoms with Gasteiger partial charge in [-0.3, -0.25) is 0 Å². The molecule has 1 N–H and O–H groups in total. The van der Waals surface area contributed by atoms with E-state index in [4.69, 9.17) is 0 Å². The van der Waals surface area contributed by atoms with Crippen LogP contribution in [0.25, 0.3) is 0 Å². The Morgan fingerprint density at radius 1 is 0.750 bits per heavy atom. The Morgan fingerprint density at radius 2 is 1.15 bits per heavy atom. The van der Waals surface area contributed by atoms with Crippen LogP contribution in [0.15, 0.2) is 28.7 Å². The molecule has 0 amide bonds. The zero-order chi connectivity index (χ0) is 15.0. The van der Waals surface area contributed by atoms with Gasteiger partial charge in [0.1, 0.15) is 6.10 Å². The maximum Gasteiger partial charge on any atom is 0.105 e. The summed E-state index contributed by atoms with van der Waals surface area (Å²) in [6.07, 6.45) is -0.568. The van der Waals surface area contributed by atoms with Crippen LogP contribution in [-0.4, -0.2) is 5.11 Å². The smallest absolute Gasteiger partial charge is 0.105 e. The van der Waals surface area contributed by atoms with Crippen molar-refractivity contribution in [2.45, 2.75) is 40.7 Å². The Kier molecular flexibility index (Phi) is 4.36. The van der Waals surface area contributed by atoms with Crippen molar-refractivity contribution in [1.82, 2.24) is 0 Å². The van der Waals surface area contributed by atoms with Crippen LogP contribution in [0.4, 0.5) is 0 Å². The van der Waals surface area contributed by atoms with E-state index in [-0.39, 0.29) is 0 Å². The van der Waals surface area contributed by atoms with Crippen molar-refractivity contribution in [3.63, 3.8) is 0 Å². The van der Waals surface area contributed by atoms with Crippen molar-refractivity contribution < 1.29 is 5.11 Å². The standard InChI is InChI=1S/C18H21BrO/c1-10-11(2)13(4)17(14(5)12(10)3)18(20)15-6-8-16(19)9-7-15/h6-9,18,20H,1-5H3. The molecule has 0 aliphatic heterocycles. The molecule has 2 aromatic rings. The number of benzene rings is 2. The minimum absolute atomic E-state index is 0.568. The van der Waals surface area contributed by atoms with Gasteiger partial charge in [0.05, 0.1) is 0 Å². The Bertz CT molecular complexity index is 612. The maximum absolute atomic E-state index is 10.8. The lowest BCUT2D eigenvalue weighted by Gasteiger charge is -2.22. The molecule has 0 aromatic heterocycles. The van der Waals surface area contributed by atoms with Gasteiger partial charge in [0.2, 0.25) is 0 Å². The summed E-state index contributed by atoms with van der Waals surface area (Å²) in [5.41, 5.74) is 8.25. The van der Waals surface area contributed by atoms with Gasteiger partial charge in [-0.25, -0.2) is 0 Å². The van der Waals surface area contributed by atoms with Gasteiger partial charge >= 0.3 is 0 Å². The fourth-order valence-electron chi connectivity index (χ4n) is 2.75. The van der Waals surface area contributed by atoms with E-state index < -0.39 is 6.10 Å². The number of aliphatic hydroxyl groups excluding tert-OH is 1. The van der Waals surface area contributed by atoms with Crippen molar-refractivity contribution in [3.05, 3.63) is 67.7 Å². The third-order valence-corrected chi connectivity index (χ3v) is 5.05. The van der Waals surface area contributed by atoms with Crippen LogP contribution in [0.1, 0.15) is 45.0 Å². The molecule has 1 unspecified atom stereocenters. The number of aliphatic hydroxyl groups is 1. The normalized spacial score (nSPS) is 12.6. The van der Waals surface area contributed by atoms with Crippen LogP contribution < -0.4 is 0 Å². The van der Waals surface area contributed by atoms with Crippen molar-refractivity contribution in [1.29, 1.82) is 0 Å². The lowest BCUT2D eigenvalue weighted by molar-refractivity contribution is 0.218. The molecule has 0 saturated heterocycles. The maximum atomic E-state index is 10.8. The number of halogens is 1. The van der Waals surface area contributed by atoms with Gasteiger partial charge in [-0.05, 0) is 85.7 Å². The van der Waals surface area contributed by atoms with Crippen molar-refractivity contribution in [2.24, 2.45) is 0 Å². The Morgan fingerprint density at radius 3 is 1.60 bits per heavy atom. The fourth-order valence-corrected chi connectivity index (χ4v) is 3.02. The quantitative estimate of drug-likeness (QED) is 0.813. The largest absolute Gasteiger partial charge is 0.384 e. The minimum atomic E-state index is -0.568. The third kappa shape index (κ3) is 2.55. The summed E-state index contributed by atoms with van der Waals surface area (Å²) in [5.74, 6) is 0. The van der Waals surface area contributed by atoms with Gasteiger partial charge in [0, 0.05) is 4.47 Å². The predicted molar refractivity (Wildman–Crippen MR) is 88.3 cm³/mol. The molecule has 1 nitrogen and oxygen atoms in total. The van der Waals surface area contributed by atoms with E-state index in [1.54, 1.807) is 0 Å². The summed E-state index contributed by atoms with van der Waals surface area (Å²) in [5, 5.41) is 10.8. The highest BCUT2D eigenvalue weighted by Crippen LogP contribution is 2.33. The van der Waals surface area contributed by atoms with Gasteiger partial charge in [-0.1, -0.05) is 28.1 Å². The van der Waals surface area contributed by atoms with Crippen LogP contribution in [0.5, 0.6) is 0 Å². The lowest BCUT2D eigenvalue weighted by atomic mass is 9.85. The number of hydrogen-bond donors (Lipinski definition) is 1. The van der Waals surface area contributed by atoms with Crippen LogP contribution >= 0.6 is 15.9 Å². The Hall–Kier alpha value is -1.12. The molecule has 2 heteroatoms. The molecule has 0 radical (unpaired) electrons. The molecule has 0 aliphatic rings. The van der Waals surface area contributed by atoms with Gasteiger partial charge in [0.25, 0.3) is 0 Å². The number of hydrogen-bond acceptors (Lipinski definition) is 1. The molecule has 0 heterocycles. The highest BCUT2D eigenvalue weighted by atomic mass is 79.9. The molecule has 0 spiro atoms. The molecule has 0 fully saturated rings. The predicted octanol–water partition coefficient (Wildman–Crippen LogP) is 5.07. The first kappa shape index (κ1) is 15.3. The average Bonchev–Trinajstić information content (AvgIpc) is 2.44. The zero-order valence-corrected chi connectivity index (χ0v) is 14.3. The second-order valence-electron chi connectivity index (χ2n) is 5.49. The van der Waals surface area contributed by atoms with Gasteiger partial charge in [0.15, 0.2) is 0 Å². The molecule has 20 heavy (non-hydrogen) atoms. The van der Waals surface area contributed by atoms with Gasteiger partial charge in [-0.2, -0.15) is 0 Å². The Labute approximate surface area is 129 Å². The van der Waals surface area contributed by atoms with Crippen molar-refractivity contribution >= 4 is 15.9 Å². The van der Waals surface area contributed by atoms with E-state index in [9.17, 15) is 5.11 Å². The van der Waals surface area contributed by atoms with E-state index >= 15 is 0 Å². The van der Waals surface area contributed by atoms with E-state index in [0.717, 1.165) is 15.6 Å². The van der Waals surface area contributed by atoms with Gasteiger partial charge < -0.3 is 5.11 Å². The molecule has 0 bridgehead atoms. The first-order valence-electron chi connectivity index (χ1n) is 6.85. The van der Waals surface area contributed by atoms with Crippen LogP contribution in [0.2, 0.25) is 0 Å². The van der Waals surface area contributed by atoms with Crippen molar-refractivity contribution in [3.8, 4) is 0 Å². The van der Waals surface area contributed by atoms with E-state index in [1.807, 2.05) is 24.3 Å². The van der Waals surface area contributed by atoms with Crippen LogP contribution in [0, 0.1) is 34.6 Å². The molecular formula is C18H21BrO. The molecule has 2 rings (SSSR count). The summed E-state index contributed by atoms with van der Waals surface area (Å²) >= 11 is 3.43. The van der Waals surface area contributed by atoms with Crippen molar-refractivity contribution in [2.75, 3.05) is 0 Å².